The van der Waals surface area contributed by atoms with Crippen molar-refractivity contribution in [1.29, 1.82) is 0 Å². The lowest BCUT2D eigenvalue weighted by atomic mass is 10.3. The van der Waals surface area contributed by atoms with E-state index in [2.05, 4.69) is 10.1 Å². The minimum absolute atomic E-state index is 0.116. The van der Waals surface area contributed by atoms with E-state index >= 15 is 0 Å². The first-order valence-corrected chi connectivity index (χ1v) is 9.32. The van der Waals surface area contributed by atoms with Crippen LogP contribution in [0.5, 0.6) is 0 Å². The first kappa shape index (κ1) is 15.7. The van der Waals surface area contributed by atoms with Crippen LogP contribution >= 0.6 is 22.7 Å². The number of ether oxygens (including phenoxy) is 1. The third-order valence-electron chi connectivity index (χ3n) is 3.46. The molecule has 4 rings (SSSR count). The number of esters is 1. The monoisotopic (exact) mass is 367 g/mol. The van der Waals surface area contributed by atoms with Crippen LogP contribution in [0.4, 0.5) is 0 Å². The van der Waals surface area contributed by atoms with Crippen LogP contribution in [0.2, 0.25) is 0 Å². The number of hydrogen-bond acceptors (Lipinski definition) is 6. The van der Waals surface area contributed by atoms with Gasteiger partial charge >= 0.3 is 5.97 Å². The van der Waals surface area contributed by atoms with E-state index < -0.39 is 5.97 Å². The van der Waals surface area contributed by atoms with Gasteiger partial charge in [0.2, 0.25) is 0 Å². The molecule has 0 aliphatic carbocycles. The normalized spacial score (nSPS) is 10.7. The molecule has 0 amide bonds. The number of rotatable bonds is 5. The number of nitrogens with zero attached hydrogens (tertiary/aromatic N) is 3. The van der Waals surface area contributed by atoms with E-state index in [0.717, 1.165) is 15.6 Å². The Morgan fingerprint density at radius 3 is 2.76 bits per heavy atom. The van der Waals surface area contributed by atoms with Crippen molar-refractivity contribution >= 4 is 28.6 Å². The van der Waals surface area contributed by atoms with Gasteiger partial charge in [-0.05, 0) is 29.6 Å². The predicted octanol–water partition coefficient (Wildman–Crippen LogP) is 4.41. The summed E-state index contributed by atoms with van der Waals surface area (Å²) in [6, 6.07) is 15.5. The average molecular weight is 367 g/mol. The summed E-state index contributed by atoms with van der Waals surface area (Å²) in [6.07, 6.45) is 1.84. The van der Waals surface area contributed by atoms with Gasteiger partial charge in [0.1, 0.15) is 17.3 Å². The molecule has 0 bridgehead atoms. The molecule has 0 spiro atoms. The number of thiazole rings is 1. The van der Waals surface area contributed by atoms with Gasteiger partial charge in [0.05, 0.1) is 10.6 Å². The van der Waals surface area contributed by atoms with Crippen molar-refractivity contribution in [2.24, 2.45) is 0 Å². The minimum atomic E-state index is -0.437. The molecule has 0 unspecified atom stereocenters. The molecule has 25 heavy (non-hydrogen) atoms. The van der Waals surface area contributed by atoms with Crippen LogP contribution in [-0.4, -0.2) is 20.7 Å². The molecule has 1 aromatic carbocycles. The van der Waals surface area contributed by atoms with Crippen LogP contribution in [0.25, 0.3) is 15.6 Å². The van der Waals surface area contributed by atoms with Gasteiger partial charge in [-0.15, -0.1) is 22.7 Å². The Hall–Kier alpha value is -2.77. The summed E-state index contributed by atoms with van der Waals surface area (Å²) >= 11 is 3.03. The second-order valence-electron chi connectivity index (χ2n) is 5.18. The largest absolute Gasteiger partial charge is 0.454 e. The van der Waals surface area contributed by atoms with Crippen molar-refractivity contribution in [3.63, 3.8) is 0 Å². The summed E-state index contributed by atoms with van der Waals surface area (Å²) in [6.45, 7) is 0.116. The number of para-hydroxylation sites is 1. The fraction of sp³-hybridized carbons (Fsp3) is 0.0556. The van der Waals surface area contributed by atoms with E-state index in [9.17, 15) is 4.79 Å². The first-order chi connectivity index (χ1) is 12.3. The molecule has 0 aliphatic heterocycles. The Morgan fingerprint density at radius 1 is 1.08 bits per heavy atom. The SMILES string of the molecule is O=C(OCc1ccn(-c2ccccc2)n1)c1csc(-c2cccs2)n1. The molecule has 0 saturated heterocycles. The second kappa shape index (κ2) is 7.00. The summed E-state index contributed by atoms with van der Waals surface area (Å²) in [7, 11) is 0. The van der Waals surface area contributed by atoms with Gasteiger partial charge in [0.15, 0.2) is 5.69 Å². The Balaban J connectivity index is 1.40. The minimum Gasteiger partial charge on any atom is -0.454 e. The number of carbonyl (C=O) groups excluding carboxylic acids is 1. The molecule has 7 heteroatoms. The van der Waals surface area contributed by atoms with Crippen molar-refractivity contribution in [2.75, 3.05) is 0 Å². The summed E-state index contributed by atoms with van der Waals surface area (Å²) < 4.78 is 7.08. The van der Waals surface area contributed by atoms with E-state index in [-0.39, 0.29) is 6.61 Å². The molecular weight excluding hydrogens is 354 g/mol. The van der Waals surface area contributed by atoms with Gasteiger partial charge in [-0.25, -0.2) is 14.5 Å². The Morgan fingerprint density at radius 2 is 1.96 bits per heavy atom. The zero-order chi connectivity index (χ0) is 17.1. The number of thiophene rings is 1. The van der Waals surface area contributed by atoms with Crippen LogP contribution in [0.3, 0.4) is 0 Å². The number of aromatic nitrogens is 3. The van der Waals surface area contributed by atoms with Gasteiger partial charge in [-0.1, -0.05) is 24.3 Å². The topological polar surface area (TPSA) is 57.0 Å². The Bertz CT molecular complexity index is 975. The second-order valence-corrected chi connectivity index (χ2v) is 6.98. The van der Waals surface area contributed by atoms with Crippen molar-refractivity contribution in [3.8, 4) is 15.6 Å². The highest BCUT2D eigenvalue weighted by Crippen LogP contribution is 2.28. The summed E-state index contributed by atoms with van der Waals surface area (Å²) in [5.41, 5.74) is 1.97. The van der Waals surface area contributed by atoms with Crippen molar-refractivity contribution in [1.82, 2.24) is 14.8 Å². The summed E-state index contributed by atoms with van der Waals surface area (Å²) in [4.78, 5) is 17.6. The molecule has 3 aromatic heterocycles. The molecule has 0 saturated carbocycles. The molecule has 0 N–H and O–H groups in total. The molecule has 0 atom stereocenters. The van der Waals surface area contributed by atoms with Gasteiger partial charge in [0.25, 0.3) is 0 Å². The lowest BCUT2D eigenvalue weighted by molar-refractivity contribution is 0.0461. The summed E-state index contributed by atoms with van der Waals surface area (Å²) in [5, 5.41) is 8.95. The standard InChI is InChI=1S/C18H13N3O2S2/c22-18(15-12-25-17(19-15)16-7-4-10-24-16)23-11-13-8-9-21(20-13)14-5-2-1-3-6-14/h1-10,12H,11H2. The van der Waals surface area contributed by atoms with E-state index in [4.69, 9.17) is 4.74 Å². The molecule has 3 heterocycles. The highest BCUT2D eigenvalue weighted by molar-refractivity contribution is 7.20. The van der Waals surface area contributed by atoms with Gasteiger partial charge < -0.3 is 4.74 Å². The number of carbonyl (C=O) groups is 1. The van der Waals surface area contributed by atoms with E-state index in [1.807, 2.05) is 60.1 Å². The maximum Gasteiger partial charge on any atom is 0.358 e. The van der Waals surface area contributed by atoms with Crippen LogP contribution in [-0.2, 0) is 11.3 Å². The van der Waals surface area contributed by atoms with E-state index in [1.54, 1.807) is 21.4 Å². The maximum atomic E-state index is 12.2. The van der Waals surface area contributed by atoms with Crippen molar-refractivity contribution < 1.29 is 9.53 Å². The molecule has 124 valence electrons. The van der Waals surface area contributed by atoms with Gasteiger partial charge in [-0.2, -0.15) is 5.10 Å². The van der Waals surface area contributed by atoms with Crippen LogP contribution in [0.15, 0.2) is 65.5 Å². The molecule has 5 nitrogen and oxygen atoms in total. The third kappa shape index (κ3) is 3.52. The van der Waals surface area contributed by atoms with E-state index in [0.29, 0.717) is 11.4 Å². The molecule has 0 fully saturated rings. The Kier molecular flexibility index (Phi) is 4.41. The van der Waals surface area contributed by atoms with Crippen molar-refractivity contribution in [2.45, 2.75) is 6.61 Å². The Labute approximate surface area is 152 Å². The van der Waals surface area contributed by atoms with E-state index in [1.165, 1.54) is 11.3 Å². The molecule has 0 aliphatic rings. The van der Waals surface area contributed by atoms with Crippen LogP contribution in [0.1, 0.15) is 16.2 Å². The maximum absolute atomic E-state index is 12.2. The quantitative estimate of drug-likeness (QED) is 0.490. The smallest absolute Gasteiger partial charge is 0.358 e. The fourth-order valence-electron chi connectivity index (χ4n) is 2.26. The average Bonchev–Trinajstić information content (AvgIpc) is 3.41. The lowest BCUT2D eigenvalue weighted by Gasteiger charge is -2.01. The predicted molar refractivity (Wildman–Crippen MR) is 98.1 cm³/mol. The molecular formula is C18H13N3O2S2. The lowest BCUT2D eigenvalue weighted by Crippen LogP contribution is -2.06. The molecule has 4 aromatic rings. The third-order valence-corrected chi connectivity index (χ3v) is 5.34. The highest BCUT2D eigenvalue weighted by atomic mass is 32.1. The van der Waals surface area contributed by atoms with Gasteiger partial charge in [0, 0.05) is 11.6 Å². The fourth-order valence-corrected chi connectivity index (χ4v) is 3.86. The zero-order valence-electron chi connectivity index (χ0n) is 13.0. The number of hydrogen-bond donors (Lipinski definition) is 0. The highest BCUT2D eigenvalue weighted by Gasteiger charge is 2.14. The van der Waals surface area contributed by atoms with Crippen LogP contribution < -0.4 is 0 Å². The summed E-state index contributed by atoms with van der Waals surface area (Å²) in [5.74, 6) is -0.437. The molecule has 0 radical (unpaired) electrons. The zero-order valence-corrected chi connectivity index (χ0v) is 14.7. The first-order valence-electron chi connectivity index (χ1n) is 7.56. The number of benzene rings is 1. The van der Waals surface area contributed by atoms with Crippen molar-refractivity contribution in [3.05, 3.63) is 76.9 Å². The van der Waals surface area contributed by atoms with Crippen LogP contribution in [0, 0.1) is 0 Å². The van der Waals surface area contributed by atoms with Gasteiger partial charge in [-0.3, -0.25) is 0 Å².